The second-order valence-corrected chi connectivity index (χ2v) is 9.35. The Morgan fingerprint density at radius 3 is 1.97 bits per heavy atom. The van der Waals surface area contributed by atoms with Crippen molar-refractivity contribution in [2.75, 3.05) is 9.44 Å². The Balaban J connectivity index is 2.08. The van der Waals surface area contributed by atoms with Crippen LogP contribution in [0.25, 0.3) is 4.85 Å². The van der Waals surface area contributed by atoms with Crippen molar-refractivity contribution in [3.05, 3.63) is 107 Å². The molecule has 0 aliphatic carbocycles. The van der Waals surface area contributed by atoms with E-state index in [1.165, 1.54) is 18.2 Å². The molecule has 0 amide bonds. The predicted octanol–water partition coefficient (Wildman–Crippen LogP) is 3.64. The summed E-state index contributed by atoms with van der Waals surface area (Å²) in [5, 5.41) is 7.17. The van der Waals surface area contributed by atoms with Gasteiger partial charge in [0.1, 0.15) is 0 Å². The largest absolute Gasteiger partial charge is 0.297 e. The highest BCUT2D eigenvalue weighted by Gasteiger charge is 2.22. The summed E-state index contributed by atoms with van der Waals surface area (Å²) in [6.45, 7) is 7.10. The quantitative estimate of drug-likeness (QED) is 0.443. The fourth-order valence-electron chi connectivity index (χ4n) is 2.22. The van der Waals surface area contributed by atoms with Crippen molar-refractivity contribution in [1.82, 2.24) is 0 Å². The number of rotatable bonds is 9. The second-order valence-electron chi connectivity index (χ2n) is 5.92. The standard InChI is InChI=1S/C21H18N4O4S2/c1-23-21(31(28,29)25-19-13-7-3-8-14-19)16-10-4-9-15-20(17-22)30(26,27)24-18-11-5-2-6-12-18/h2-16,20,24-25H/b10-4+,15-9+,21-16-. The summed E-state index contributed by atoms with van der Waals surface area (Å²) in [5.74, 6) is 0. The molecule has 0 aliphatic rings. The van der Waals surface area contributed by atoms with Gasteiger partial charge in [0, 0.05) is 11.4 Å². The average Bonchev–Trinajstić information content (AvgIpc) is 2.73. The van der Waals surface area contributed by atoms with E-state index in [0.29, 0.717) is 11.4 Å². The van der Waals surface area contributed by atoms with Crippen LogP contribution in [0.15, 0.2) is 96.1 Å². The van der Waals surface area contributed by atoms with E-state index in [0.717, 1.165) is 12.2 Å². The Labute approximate surface area is 181 Å². The van der Waals surface area contributed by atoms with Crippen molar-refractivity contribution in [3.63, 3.8) is 0 Å². The third-order valence-corrected chi connectivity index (χ3v) is 6.39. The Morgan fingerprint density at radius 1 is 0.903 bits per heavy atom. The van der Waals surface area contributed by atoms with Crippen LogP contribution >= 0.6 is 0 Å². The summed E-state index contributed by atoms with van der Waals surface area (Å²) in [6, 6.07) is 17.9. The lowest BCUT2D eigenvalue weighted by atomic mass is 10.3. The summed E-state index contributed by atoms with van der Waals surface area (Å²) >= 11 is 0. The Kier molecular flexibility index (Phi) is 8.15. The lowest BCUT2D eigenvalue weighted by Crippen LogP contribution is -2.24. The first-order chi connectivity index (χ1) is 14.8. The van der Waals surface area contributed by atoms with Crippen molar-refractivity contribution in [1.29, 1.82) is 5.26 Å². The van der Waals surface area contributed by atoms with E-state index in [4.69, 9.17) is 6.57 Å². The van der Waals surface area contributed by atoms with Crippen molar-refractivity contribution in [2.45, 2.75) is 5.25 Å². The van der Waals surface area contributed by atoms with Crippen LogP contribution in [0.5, 0.6) is 0 Å². The highest BCUT2D eigenvalue weighted by Crippen LogP contribution is 2.15. The number of nitrogens with one attached hydrogen (secondary N) is 2. The molecule has 1 atom stereocenters. The maximum absolute atomic E-state index is 12.3. The van der Waals surface area contributed by atoms with Crippen molar-refractivity contribution >= 4 is 31.4 Å². The van der Waals surface area contributed by atoms with E-state index < -0.39 is 30.3 Å². The minimum atomic E-state index is -4.07. The van der Waals surface area contributed by atoms with Gasteiger partial charge in [-0.05, 0) is 30.3 Å². The Morgan fingerprint density at radius 2 is 1.45 bits per heavy atom. The van der Waals surface area contributed by atoms with Crippen LogP contribution in [0.4, 0.5) is 11.4 Å². The minimum absolute atomic E-state index is 0.314. The number of hydrogen-bond donors (Lipinski definition) is 2. The van der Waals surface area contributed by atoms with Gasteiger partial charge >= 0.3 is 0 Å². The molecule has 31 heavy (non-hydrogen) atoms. The van der Waals surface area contributed by atoms with Crippen LogP contribution in [0, 0.1) is 17.9 Å². The fourth-order valence-corrected chi connectivity index (χ4v) is 4.17. The molecule has 0 aliphatic heterocycles. The summed E-state index contributed by atoms with van der Waals surface area (Å²) in [4.78, 5) is 3.02. The molecule has 0 spiro atoms. The first-order valence-electron chi connectivity index (χ1n) is 8.75. The third-order valence-electron chi connectivity index (χ3n) is 3.65. The number of para-hydroxylation sites is 2. The molecular formula is C21H18N4O4S2. The summed E-state index contributed by atoms with van der Waals surface area (Å²) in [6.07, 6.45) is 6.09. The number of nitriles is 1. The number of hydrogen-bond acceptors (Lipinski definition) is 5. The highest BCUT2D eigenvalue weighted by molar-refractivity contribution is 7.96. The van der Waals surface area contributed by atoms with Crippen LogP contribution in [0.2, 0.25) is 0 Å². The molecule has 2 aromatic rings. The first-order valence-corrected chi connectivity index (χ1v) is 11.8. The number of anilines is 2. The van der Waals surface area contributed by atoms with Crippen LogP contribution in [-0.2, 0) is 20.0 Å². The van der Waals surface area contributed by atoms with E-state index >= 15 is 0 Å². The molecule has 2 N–H and O–H groups in total. The third kappa shape index (κ3) is 7.16. The van der Waals surface area contributed by atoms with Crippen LogP contribution < -0.4 is 9.44 Å². The fraction of sp³-hybridized carbons (Fsp3) is 0.0476. The monoisotopic (exact) mass is 454 g/mol. The molecule has 8 nitrogen and oxygen atoms in total. The second kappa shape index (κ2) is 10.8. The van der Waals surface area contributed by atoms with Gasteiger partial charge in [-0.2, -0.15) is 5.26 Å². The van der Waals surface area contributed by atoms with Crippen LogP contribution in [0.3, 0.4) is 0 Å². The first kappa shape index (κ1) is 23.4. The molecular weight excluding hydrogens is 436 g/mol. The van der Waals surface area contributed by atoms with E-state index in [9.17, 15) is 22.1 Å². The zero-order chi connectivity index (χ0) is 22.7. The van der Waals surface area contributed by atoms with Crippen LogP contribution in [-0.4, -0.2) is 22.1 Å². The van der Waals surface area contributed by atoms with E-state index in [1.807, 2.05) is 0 Å². The van der Waals surface area contributed by atoms with Gasteiger partial charge in [0.15, 0.2) is 5.25 Å². The maximum atomic E-state index is 12.3. The van der Waals surface area contributed by atoms with E-state index in [-0.39, 0.29) is 0 Å². The topological polar surface area (TPSA) is 120 Å². The summed E-state index contributed by atoms with van der Waals surface area (Å²) in [5.41, 5.74) is 0.640. The molecule has 0 fully saturated rings. The molecule has 0 aromatic heterocycles. The van der Waals surface area contributed by atoms with Gasteiger partial charge in [0.05, 0.1) is 12.6 Å². The normalized spacial score (nSPS) is 13.4. The zero-order valence-corrected chi connectivity index (χ0v) is 17.7. The SMILES string of the molecule is [C-]#[N+]/C(=C/C=C/C=C/C(C#N)S(=O)(=O)Nc1ccccc1)S(=O)(=O)Nc1ccccc1. The van der Waals surface area contributed by atoms with Crippen molar-refractivity contribution in [2.24, 2.45) is 0 Å². The summed E-state index contributed by atoms with van der Waals surface area (Å²) < 4.78 is 53.8. The molecule has 0 saturated heterocycles. The number of nitrogens with zero attached hydrogens (tertiary/aromatic N) is 2. The molecule has 0 saturated carbocycles. The van der Waals surface area contributed by atoms with Gasteiger partial charge in [-0.15, -0.1) is 0 Å². The molecule has 0 bridgehead atoms. The Hall–Kier alpha value is -3.86. The lowest BCUT2D eigenvalue weighted by Gasteiger charge is -2.09. The lowest BCUT2D eigenvalue weighted by molar-refractivity contribution is 0.599. The van der Waals surface area contributed by atoms with Gasteiger partial charge < -0.3 is 0 Å². The highest BCUT2D eigenvalue weighted by atomic mass is 32.2. The maximum Gasteiger partial charge on any atom is 0.297 e. The Bertz CT molecular complexity index is 1270. The van der Waals surface area contributed by atoms with Gasteiger partial charge in [0.25, 0.3) is 25.1 Å². The predicted molar refractivity (Wildman–Crippen MR) is 120 cm³/mol. The molecule has 2 aromatic carbocycles. The molecule has 2 rings (SSSR count). The number of allylic oxidation sites excluding steroid dienone is 4. The van der Waals surface area contributed by atoms with E-state index in [1.54, 1.807) is 66.7 Å². The van der Waals surface area contributed by atoms with Gasteiger partial charge in [0.2, 0.25) is 0 Å². The smallest absolute Gasteiger partial charge is 0.288 e. The van der Waals surface area contributed by atoms with Crippen molar-refractivity contribution < 1.29 is 16.8 Å². The molecule has 0 radical (unpaired) electrons. The minimum Gasteiger partial charge on any atom is -0.288 e. The molecule has 1 unspecified atom stereocenters. The number of benzene rings is 2. The molecule has 158 valence electrons. The van der Waals surface area contributed by atoms with Gasteiger partial charge in [-0.1, -0.05) is 60.7 Å². The number of sulfonamides is 2. The van der Waals surface area contributed by atoms with Crippen LogP contribution in [0.1, 0.15) is 0 Å². The molecule has 0 heterocycles. The van der Waals surface area contributed by atoms with Crippen molar-refractivity contribution in [3.8, 4) is 6.07 Å². The zero-order valence-electron chi connectivity index (χ0n) is 16.1. The van der Waals surface area contributed by atoms with Gasteiger partial charge in [-0.3, -0.25) is 9.44 Å². The van der Waals surface area contributed by atoms with Gasteiger partial charge in [-0.25, -0.2) is 21.7 Å². The van der Waals surface area contributed by atoms with E-state index in [2.05, 4.69) is 14.3 Å². The average molecular weight is 455 g/mol. The summed E-state index contributed by atoms with van der Waals surface area (Å²) in [7, 11) is -8.06. The molecule has 10 heteroatoms.